The third-order valence-electron chi connectivity index (χ3n) is 6.24. The highest BCUT2D eigenvalue weighted by Gasteiger charge is 2.38. The van der Waals surface area contributed by atoms with E-state index < -0.39 is 42.0 Å². The molecule has 1 rings (SSSR count). The van der Waals surface area contributed by atoms with Crippen molar-refractivity contribution in [2.45, 2.75) is 90.4 Å². The van der Waals surface area contributed by atoms with E-state index in [-0.39, 0.29) is 23.7 Å². The second kappa shape index (κ2) is 14.5. The van der Waals surface area contributed by atoms with Gasteiger partial charge in [0.1, 0.15) is 18.1 Å². The zero-order valence-corrected chi connectivity index (χ0v) is 21.3. The molecule has 35 heavy (non-hydrogen) atoms. The number of nitrogens with one attached hydrogen (secondary N) is 2. The number of carboxylic acids is 1. The van der Waals surface area contributed by atoms with Crippen LogP contribution in [0.4, 0.5) is 0 Å². The Morgan fingerprint density at radius 2 is 1.80 bits per heavy atom. The molecule has 0 aromatic heterocycles. The van der Waals surface area contributed by atoms with Gasteiger partial charge in [-0.2, -0.15) is 0 Å². The van der Waals surface area contributed by atoms with Gasteiger partial charge in [0.05, 0.1) is 6.04 Å². The summed E-state index contributed by atoms with van der Waals surface area (Å²) in [7, 11) is 0. The van der Waals surface area contributed by atoms with E-state index in [4.69, 9.17) is 17.2 Å². The summed E-state index contributed by atoms with van der Waals surface area (Å²) in [6.45, 7) is 8.15. The maximum absolute atomic E-state index is 13.1. The van der Waals surface area contributed by atoms with Gasteiger partial charge in [-0.1, -0.05) is 34.1 Å². The van der Waals surface area contributed by atoms with Crippen LogP contribution in [0.3, 0.4) is 0 Å². The molecule has 1 saturated heterocycles. The van der Waals surface area contributed by atoms with E-state index >= 15 is 0 Å². The monoisotopic (exact) mass is 497 g/mol. The lowest BCUT2D eigenvalue weighted by atomic mass is 9.97. The van der Waals surface area contributed by atoms with Gasteiger partial charge in [0.2, 0.25) is 17.7 Å². The van der Waals surface area contributed by atoms with Gasteiger partial charge >= 0.3 is 5.97 Å². The first-order valence-corrected chi connectivity index (χ1v) is 12.3. The molecule has 1 heterocycles. The quantitative estimate of drug-likeness (QED) is 0.104. The number of rotatable bonds is 14. The number of carbonyl (C=O) groups is 4. The van der Waals surface area contributed by atoms with Crippen molar-refractivity contribution in [3.8, 4) is 0 Å². The zero-order valence-electron chi connectivity index (χ0n) is 21.3. The summed E-state index contributed by atoms with van der Waals surface area (Å²) in [4.78, 5) is 56.0. The summed E-state index contributed by atoms with van der Waals surface area (Å²) in [5, 5.41) is 14.8. The molecule has 12 heteroatoms. The van der Waals surface area contributed by atoms with Crippen molar-refractivity contribution in [2.75, 3.05) is 13.1 Å². The first-order valence-electron chi connectivity index (χ1n) is 12.3. The minimum atomic E-state index is -1.12. The van der Waals surface area contributed by atoms with Crippen molar-refractivity contribution in [2.24, 2.45) is 34.0 Å². The Bertz CT molecular complexity index is 769. The molecule has 1 aliphatic heterocycles. The van der Waals surface area contributed by atoms with E-state index in [1.165, 1.54) is 4.90 Å². The van der Waals surface area contributed by atoms with E-state index in [1.54, 1.807) is 6.92 Å². The number of hydrogen-bond acceptors (Lipinski definition) is 6. The van der Waals surface area contributed by atoms with E-state index in [0.717, 1.165) is 0 Å². The van der Waals surface area contributed by atoms with E-state index in [1.807, 2.05) is 20.8 Å². The van der Waals surface area contributed by atoms with Crippen LogP contribution in [0, 0.1) is 11.8 Å². The number of nitrogens with zero attached hydrogens (tertiary/aromatic N) is 2. The molecule has 0 aromatic rings. The molecule has 0 aromatic carbocycles. The molecule has 12 nitrogen and oxygen atoms in total. The van der Waals surface area contributed by atoms with Gasteiger partial charge in [-0.3, -0.25) is 19.4 Å². The van der Waals surface area contributed by atoms with Crippen molar-refractivity contribution in [3.05, 3.63) is 0 Å². The molecule has 0 saturated carbocycles. The Morgan fingerprint density at radius 1 is 1.14 bits per heavy atom. The number of carbonyl (C=O) groups excluding carboxylic acids is 3. The second-order valence-corrected chi connectivity index (χ2v) is 9.65. The largest absolute Gasteiger partial charge is 0.480 e. The van der Waals surface area contributed by atoms with Crippen LogP contribution >= 0.6 is 0 Å². The molecule has 1 aliphatic rings. The number of nitrogens with two attached hydrogens (primary N) is 3. The maximum atomic E-state index is 13.1. The maximum Gasteiger partial charge on any atom is 0.326 e. The summed E-state index contributed by atoms with van der Waals surface area (Å²) in [5.74, 6) is -2.68. The number of hydrogen-bond donors (Lipinski definition) is 6. The molecule has 0 aliphatic carbocycles. The van der Waals surface area contributed by atoms with Gasteiger partial charge in [0.25, 0.3) is 0 Å². The summed E-state index contributed by atoms with van der Waals surface area (Å²) < 4.78 is 0. The standard InChI is InChI=1S/C23H43N7O5/c1-5-14(4)18(22(34)35)29-19(31)16(12-13(2)3)28-20(32)17-9-7-11-30(17)21(33)15(24)8-6-10-27-23(25)26/h13-18H,5-12,24H2,1-4H3,(H,28,32)(H,29,31)(H,34,35)(H4,25,26,27). The highest BCUT2D eigenvalue weighted by Crippen LogP contribution is 2.20. The minimum Gasteiger partial charge on any atom is -0.480 e. The van der Waals surface area contributed by atoms with Crippen LogP contribution in [0.2, 0.25) is 0 Å². The van der Waals surface area contributed by atoms with Crippen molar-refractivity contribution < 1.29 is 24.3 Å². The molecule has 5 atom stereocenters. The minimum absolute atomic E-state index is 0.0278. The number of likely N-dealkylation sites (tertiary alicyclic amines) is 1. The molecule has 0 radical (unpaired) electrons. The fourth-order valence-corrected chi connectivity index (χ4v) is 4.07. The van der Waals surface area contributed by atoms with Crippen molar-refractivity contribution in [1.29, 1.82) is 0 Å². The lowest BCUT2D eigenvalue weighted by Crippen LogP contribution is -2.57. The first-order chi connectivity index (χ1) is 16.4. The van der Waals surface area contributed by atoms with Gasteiger partial charge in [0, 0.05) is 13.1 Å². The molecule has 200 valence electrons. The Labute approximate surface area is 207 Å². The van der Waals surface area contributed by atoms with Crippen LogP contribution in [0.5, 0.6) is 0 Å². The number of guanidine groups is 1. The topological polar surface area (TPSA) is 206 Å². The smallest absolute Gasteiger partial charge is 0.326 e. The molecular formula is C23H43N7O5. The van der Waals surface area contributed by atoms with Crippen LogP contribution in [0.25, 0.3) is 0 Å². The average molecular weight is 498 g/mol. The molecule has 1 fully saturated rings. The van der Waals surface area contributed by atoms with E-state index in [0.29, 0.717) is 51.6 Å². The predicted molar refractivity (Wildman–Crippen MR) is 133 cm³/mol. The van der Waals surface area contributed by atoms with Crippen molar-refractivity contribution in [1.82, 2.24) is 15.5 Å². The fraction of sp³-hybridized carbons (Fsp3) is 0.783. The van der Waals surface area contributed by atoms with Gasteiger partial charge in [-0.25, -0.2) is 4.79 Å². The summed E-state index contributed by atoms with van der Waals surface area (Å²) in [6, 6.07) is -3.50. The zero-order chi connectivity index (χ0) is 26.7. The van der Waals surface area contributed by atoms with Crippen LogP contribution in [-0.2, 0) is 19.2 Å². The fourth-order valence-electron chi connectivity index (χ4n) is 4.07. The first kappa shape index (κ1) is 30.1. The van der Waals surface area contributed by atoms with E-state index in [9.17, 15) is 24.3 Å². The van der Waals surface area contributed by atoms with Gasteiger partial charge < -0.3 is 37.8 Å². The van der Waals surface area contributed by atoms with Gasteiger partial charge in [-0.05, 0) is 43.9 Å². The van der Waals surface area contributed by atoms with Crippen molar-refractivity contribution >= 4 is 29.7 Å². The van der Waals surface area contributed by atoms with Crippen LogP contribution in [0.15, 0.2) is 4.99 Å². The Morgan fingerprint density at radius 3 is 2.34 bits per heavy atom. The van der Waals surface area contributed by atoms with Crippen molar-refractivity contribution in [3.63, 3.8) is 0 Å². The number of aliphatic carboxylic acids is 1. The third kappa shape index (κ3) is 9.71. The highest BCUT2D eigenvalue weighted by atomic mass is 16.4. The second-order valence-electron chi connectivity index (χ2n) is 9.65. The van der Waals surface area contributed by atoms with Gasteiger partial charge in [-0.15, -0.1) is 0 Å². The van der Waals surface area contributed by atoms with Crippen LogP contribution in [-0.4, -0.2) is 76.9 Å². The van der Waals surface area contributed by atoms with E-state index in [2.05, 4.69) is 15.6 Å². The average Bonchev–Trinajstić information content (AvgIpc) is 3.27. The Hall–Kier alpha value is -2.89. The highest BCUT2D eigenvalue weighted by molar-refractivity contribution is 5.94. The third-order valence-corrected chi connectivity index (χ3v) is 6.24. The summed E-state index contributed by atoms with van der Waals surface area (Å²) in [5.41, 5.74) is 16.6. The Balaban J connectivity index is 2.86. The predicted octanol–water partition coefficient (Wildman–Crippen LogP) is -0.495. The van der Waals surface area contributed by atoms with Gasteiger partial charge in [0.15, 0.2) is 5.96 Å². The molecular weight excluding hydrogens is 454 g/mol. The SMILES string of the molecule is CCC(C)C(NC(=O)C(CC(C)C)NC(=O)C1CCCN1C(=O)C(N)CCCN=C(N)N)C(=O)O. The van der Waals surface area contributed by atoms with Crippen LogP contribution in [0.1, 0.15) is 66.2 Å². The molecule has 5 unspecified atom stereocenters. The summed E-state index contributed by atoms with van der Waals surface area (Å²) in [6.07, 6.45) is 2.89. The lowest BCUT2D eigenvalue weighted by molar-refractivity contribution is -0.144. The number of carboxylic acid groups (broad SMARTS) is 1. The Kier molecular flexibility index (Phi) is 12.5. The number of amides is 3. The molecule has 0 bridgehead atoms. The molecule has 0 spiro atoms. The number of aliphatic imine (C=N–C) groups is 1. The molecule has 9 N–H and O–H groups in total. The van der Waals surface area contributed by atoms with Crippen LogP contribution < -0.4 is 27.8 Å². The summed E-state index contributed by atoms with van der Waals surface area (Å²) >= 11 is 0. The lowest BCUT2D eigenvalue weighted by Gasteiger charge is -2.29. The normalized spacial score (nSPS) is 18.9. The molecule has 3 amide bonds.